The van der Waals surface area contributed by atoms with Gasteiger partial charge in [0.2, 0.25) is 0 Å². The maximum atomic E-state index is 5.75. The molecule has 3 aromatic rings. The monoisotopic (exact) mass is 424 g/mol. The molecule has 0 atom stereocenters. The van der Waals surface area contributed by atoms with Gasteiger partial charge in [0.1, 0.15) is 11.5 Å². The Morgan fingerprint density at radius 2 is 1.90 bits per heavy atom. The summed E-state index contributed by atoms with van der Waals surface area (Å²) in [5.41, 5.74) is 2.25. The van der Waals surface area contributed by atoms with E-state index in [1.54, 1.807) is 20.4 Å². The predicted octanol–water partition coefficient (Wildman–Crippen LogP) is 3.87. The summed E-state index contributed by atoms with van der Waals surface area (Å²) in [5, 5.41) is 4.12. The number of thiocarbonyl (C=S) groups is 1. The van der Waals surface area contributed by atoms with Crippen LogP contribution >= 0.6 is 12.2 Å². The standard InChI is InChI=1S/C23H28N4O2S/c1-28-21-10-8-19(9-11-21)16-25-23(30)27(14-5-13-26-15-12-24-18-26)17-20-6-3-4-7-22(20)29-2/h3-4,6-12,15,18H,5,13-14,16-17H2,1-2H3,(H,25,30). The number of methoxy groups -OCH3 is 2. The third kappa shape index (κ3) is 6.22. The van der Waals surface area contributed by atoms with Gasteiger partial charge in [-0.3, -0.25) is 0 Å². The first kappa shape index (κ1) is 21.6. The zero-order valence-electron chi connectivity index (χ0n) is 17.5. The van der Waals surface area contributed by atoms with E-state index >= 15 is 0 Å². The SMILES string of the molecule is COc1ccc(CNC(=S)N(CCCn2ccnc2)Cc2ccccc2OC)cc1. The summed E-state index contributed by atoms with van der Waals surface area (Å²) >= 11 is 5.75. The molecule has 0 aliphatic rings. The van der Waals surface area contributed by atoms with Crippen LogP contribution in [0.4, 0.5) is 0 Å². The summed E-state index contributed by atoms with van der Waals surface area (Å²) in [4.78, 5) is 6.29. The van der Waals surface area contributed by atoms with Crippen molar-refractivity contribution in [1.29, 1.82) is 0 Å². The highest BCUT2D eigenvalue weighted by Crippen LogP contribution is 2.20. The van der Waals surface area contributed by atoms with Crippen LogP contribution in [-0.2, 0) is 19.6 Å². The second-order valence-corrected chi connectivity index (χ2v) is 7.28. The first-order valence-corrected chi connectivity index (χ1v) is 10.3. The third-order valence-corrected chi connectivity index (χ3v) is 5.25. The Labute approximate surface area is 183 Å². The van der Waals surface area contributed by atoms with Gasteiger partial charge in [-0.15, -0.1) is 0 Å². The van der Waals surface area contributed by atoms with Crippen LogP contribution in [0.3, 0.4) is 0 Å². The van der Waals surface area contributed by atoms with Gasteiger partial charge in [-0.05, 0) is 42.4 Å². The van der Waals surface area contributed by atoms with E-state index in [0.717, 1.165) is 47.2 Å². The molecule has 1 N–H and O–H groups in total. The van der Waals surface area contributed by atoms with Gasteiger partial charge in [0.15, 0.2) is 5.11 Å². The summed E-state index contributed by atoms with van der Waals surface area (Å²) in [5.74, 6) is 1.72. The van der Waals surface area contributed by atoms with Gasteiger partial charge >= 0.3 is 0 Å². The van der Waals surface area contributed by atoms with Crippen LogP contribution in [0, 0.1) is 0 Å². The average Bonchev–Trinajstić information content (AvgIpc) is 3.31. The molecular weight excluding hydrogens is 396 g/mol. The molecule has 0 radical (unpaired) electrons. The number of rotatable bonds is 10. The lowest BCUT2D eigenvalue weighted by Gasteiger charge is -2.27. The predicted molar refractivity (Wildman–Crippen MR) is 123 cm³/mol. The molecule has 2 aromatic carbocycles. The van der Waals surface area contributed by atoms with E-state index in [0.29, 0.717) is 13.1 Å². The molecular formula is C23H28N4O2S. The van der Waals surface area contributed by atoms with Crippen molar-refractivity contribution in [2.45, 2.75) is 26.1 Å². The number of aromatic nitrogens is 2. The Hall–Kier alpha value is -3.06. The Bertz CT molecular complexity index is 913. The lowest BCUT2D eigenvalue weighted by atomic mass is 10.2. The minimum absolute atomic E-state index is 0.659. The van der Waals surface area contributed by atoms with Gasteiger partial charge in [0.25, 0.3) is 0 Å². The first-order chi connectivity index (χ1) is 14.7. The topological polar surface area (TPSA) is 51.5 Å². The summed E-state index contributed by atoms with van der Waals surface area (Å²) in [6.07, 6.45) is 6.57. The molecule has 0 unspecified atom stereocenters. The van der Waals surface area contributed by atoms with Crippen LogP contribution in [0.1, 0.15) is 17.5 Å². The normalized spacial score (nSPS) is 10.5. The summed E-state index contributed by atoms with van der Waals surface area (Å²) in [7, 11) is 3.37. The van der Waals surface area contributed by atoms with E-state index in [9.17, 15) is 0 Å². The third-order valence-electron chi connectivity index (χ3n) is 4.85. The van der Waals surface area contributed by atoms with Gasteiger partial charge in [-0.1, -0.05) is 30.3 Å². The molecule has 7 heteroatoms. The highest BCUT2D eigenvalue weighted by molar-refractivity contribution is 7.80. The second kappa shape index (κ2) is 11.2. The molecule has 30 heavy (non-hydrogen) atoms. The molecule has 0 saturated carbocycles. The van der Waals surface area contributed by atoms with Crippen molar-refractivity contribution >= 4 is 17.3 Å². The molecule has 0 saturated heterocycles. The highest BCUT2D eigenvalue weighted by Gasteiger charge is 2.13. The zero-order chi connectivity index (χ0) is 21.2. The Morgan fingerprint density at radius 1 is 1.10 bits per heavy atom. The van der Waals surface area contributed by atoms with Gasteiger partial charge in [-0.2, -0.15) is 0 Å². The molecule has 1 aromatic heterocycles. The largest absolute Gasteiger partial charge is 0.497 e. The molecule has 0 fully saturated rings. The van der Waals surface area contributed by atoms with Gasteiger partial charge < -0.3 is 24.3 Å². The minimum Gasteiger partial charge on any atom is -0.497 e. The number of aryl methyl sites for hydroxylation is 1. The van der Waals surface area contributed by atoms with Crippen LogP contribution in [0.5, 0.6) is 11.5 Å². The average molecular weight is 425 g/mol. The maximum absolute atomic E-state index is 5.75. The molecule has 0 amide bonds. The van der Waals surface area contributed by atoms with E-state index in [-0.39, 0.29) is 0 Å². The van der Waals surface area contributed by atoms with Crippen LogP contribution in [0.2, 0.25) is 0 Å². The van der Waals surface area contributed by atoms with Crippen molar-refractivity contribution in [2.75, 3.05) is 20.8 Å². The number of para-hydroxylation sites is 1. The van der Waals surface area contributed by atoms with Crippen LogP contribution < -0.4 is 14.8 Å². The highest BCUT2D eigenvalue weighted by atomic mass is 32.1. The van der Waals surface area contributed by atoms with Crippen molar-refractivity contribution in [3.63, 3.8) is 0 Å². The Morgan fingerprint density at radius 3 is 2.60 bits per heavy atom. The van der Waals surface area contributed by atoms with Crippen molar-refractivity contribution in [2.24, 2.45) is 0 Å². The Balaban J connectivity index is 1.64. The van der Waals surface area contributed by atoms with Crippen molar-refractivity contribution < 1.29 is 9.47 Å². The number of nitrogens with zero attached hydrogens (tertiary/aromatic N) is 3. The van der Waals surface area contributed by atoms with E-state index in [4.69, 9.17) is 21.7 Å². The molecule has 1 heterocycles. The lowest BCUT2D eigenvalue weighted by Crippen LogP contribution is -2.39. The maximum Gasteiger partial charge on any atom is 0.169 e. The van der Waals surface area contributed by atoms with E-state index in [1.807, 2.05) is 55.0 Å². The summed E-state index contributed by atoms with van der Waals surface area (Å²) < 4.78 is 12.8. The number of hydrogen-bond donors (Lipinski definition) is 1. The summed E-state index contributed by atoms with van der Waals surface area (Å²) in [6.45, 7) is 3.06. The second-order valence-electron chi connectivity index (χ2n) is 6.89. The molecule has 0 spiro atoms. The fourth-order valence-corrected chi connectivity index (χ4v) is 3.42. The molecule has 0 aliphatic carbocycles. The van der Waals surface area contributed by atoms with Crippen LogP contribution in [0.25, 0.3) is 0 Å². The van der Waals surface area contributed by atoms with E-state index < -0.39 is 0 Å². The van der Waals surface area contributed by atoms with E-state index in [2.05, 4.69) is 25.8 Å². The summed E-state index contributed by atoms with van der Waals surface area (Å²) in [6, 6.07) is 16.0. The number of nitrogens with one attached hydrogen (secondary N) is 1. The molecule has 158 valence electrons. The van der Waals surface area contributed by atoms with Crippen molar-refractivity contribution in [3.05, 3.63) is 78.4 Å². The molecule has 3 rings (SSSR count). The number of benzene rings is 2. The number of hydrogen-bond acceptors (Lipinski definition) is 4. The van der Waals surface area contributed by atoms with Gasteiger partial charge in [0.05, 0.1) is 20.5 Å². The fourth-order valence-electron chi connectivity index (χ4n) is 3.19. The van der Waals surface area contributed by atoms with Crippen LogP contribution in [0.15, 0.2) is 67.3 Å². The zero-order valence-corrected chi connectivity index (χ0v) is 18.3. The first-order valence-electron chi connectivity index (χ1n) is 9.93. The van der Waals surface area contributed by atoms with Gasteiger partial charge in [-0.25, -0.2) is 4.98 Å². The molecule has 0 aliphatic heterocycles. The molecule has 0 bridgehead atoms. The molecule has 6 nitrogen and oxygen atoms in total. The minimum atomic E-state index is 0.659. The van der Waals surface area contributed by atoms with E-state index in [1.165, 1.54) is 0 Å². The van der Waals surface area contributed by atoms with Crippen molar-refractivity contribution in [3.8, 4) is 11.5 Å². The lowest BCUT2D eigenvalue weighted by molar-refractivity contribution is 0.365. The van der Waals surface area contributed by atoms with Crippen LogP contribution in [-0.4, -0.2) is 40.3 Å². The smallest absolute Gasteiger partial charge is 0.169 e. The number of imidazole rings is 1. The quantitative estimate of drug-likeness (QED) is 0.499. The Kier molecular flexibility index (Phi) is 8.09. The number of ether oxygens (including phenoxy) is 2. The fraction of sp³-hybridized carbons (Fsp3) is 0.304. The van der Waals surface area contributed by atoms with Crippen molar-refractivity contribution in [1.82, 2.24) is 19.8 Å². The van der Waals surface area contributed by atoms with Gasteiger partial charge in [0, 0.05) is 44.1 Å².